The fourth-order valence-corrected chi connectivity index (χ4v) is 3.84. The summed E-state index contributed by atoms with van der Waals surface area (Å²) in [6.07, 6.45) is 2.90. The summed E-state index contributed by atoms with van der Waals surface area (Å²) in [5, 5.41) is 3.10. The van der Waals surface area contributed by atoms with E-state index in [1.807, 2.05) is 23.1 Å². The molecule has 0 aliphatic carbocycles. The molecule has 2 amide bonds. The Balaban J connectivity index is 1.55. The van der Waals surface area contributed by atoms with Gasteiger partial charge < -0.3 is 10.2 Å². The van der Waals surface area contributed by atoms with E-state index in [1.165, 1.54) is 11.1 Å². The quantitative estimate of drug-likeness (QED) is 0.870. The lowest BCUT2D eigenvalue weighted by Gasteiger charge is -2.45. The lowest BCUT2D eigenvalue weighted by Crippen LogP contribution is -2.55. The number of carbonyl (C=O) groups is 1. The smallest absolute Gasteiger partial charge is 0.317 e. The van der Waals surface area contributed by atoms with Crippen LogP contribution in [0.1, 0.15) is 43.7 Å². The SMILES string of the molecule is CC1(C)CC(c2ccccc2)CCN1C(=O)NCCc1ccccc1. The first-order valence-corrected chi connectivity index (χ1v) is 9.20. The van der Waals surface area contributed by atoms with E-state index in [4.69, 9.17) is 0 Å². The van der Waals surface area contributed by atoms with E-state index in [0.29, 0.717) is 12.5 Å². The molecule has 132 valence electrons. The van der Waals surface area contributed by atoms with Crippen molar-refractivity contribution in [3.05, 3.63) is 71.8 Å². The molecule has 1 N–H and O–H groups in total. The zero-order valence-electron chi connectivity index (χ0n) is 15.2. The third-order valence-electron chi connectivity index (χ3n) is 5.23. The second-order valence-electron chi connectivity index (χ2n) is 7.53. The van der Waals surface area contributed by atoms with E-state index in [2.05, 4.69) is 61.6 Å². The third-order valence-corrected chi connectivity index (χ3v) is 5.23. The van der Waals surface area contributed by atoms with Gasteiger partial charge in [0, 0.05) is 18.6 Å². The molecule has 0 saturated carbocycles. The first kappa shape index (κ1) is 17.5. The van der Waals surface area contributed by atoms with E-state index < -0.39 is 0 Å². The van der Waals surface area contributed by atoms with Gasteiger partial charge in [0.15, 0.2) is 0 Å². The molecule has 0 spiro atoms. The van der Waals surface area contributed by atoms with Crippen molar-refractivity contribution in [1.82, 2.24) is 10.2 Å². The van der Waals surface area contributed by atoms with Gasteiger partial charge in [-0.05, 0) is 50.2 Å². The average molecular weight is 336 g/mol. The predicted molar refractivity (Wildman–Crippen MR) is 103 cm³/mol. The van der Waals surface area contributed by atoms with Crippen molar-refractivity contribution in [2.24, 2.45) is 0 Å². The van der Waals surface area contributed by atoms with E-state index >= 15 is 0 Å². The van der Waals surface area contributed by atoms with Gasteiger partial charge in [-0.15, -0.1) is 0 Å². The molecule has 3 heteroatoms. The fourth-order valence-electron chi connectivity index (χ4n) is 3.84. The fraction of sp³-hybridized carbons (Fsp3) is 0.409. The van der Waals surface area contributed by atoms with Crippen LogP contribution < -0.4 is 5.32 Å². The summed E-state index contributed by atoms with van der Waals surface area (Å²) in [5.74, 6) is 0.532. The lowest BCUT2D eigenvalue weighted by atomic mass is 9.79. The lowest BCUT2D eigenvalue weighted by molar-refractivity contribution is 0.0926. The molecule has 1 fully saturated rings. The molecule has 0 radical (unpaired) electrons. The van der Waals surface area contributed by atoms with Crippen LogP contribution in [0.3, 0.4) is 0 Å². The van der Waals surface area contributed by atoms with E-state index in [0.717, 1.165) is 25.8 Å². The van der Waals surface area contributed by atoms with Crippen molar-refractivity contribution >= 4 is 6.03 Å². The molecular weight excluding hydrogens is 308 g/mol. The number of nitrogens with one attached hydrogen (secondary N) is 1. The topological polar surface area (TPSA) is 32.3 Å². The van der Waals surface area contributed by atoms with Crippen LogP contribution in [0.25, 0.3) is 0 Å². The molecule has 3 rings (SSSR count). The summed E-state index contributed by atoms with van der Waals surface area (Å²) in [6.45, 7) is 5.85. The van der Waals surface area contributed by atoms with Crippen molar-refractivity contribution < 1.29 is 4.79 Å². The second kappa shape index (κ2) is 7.73. The van der Waals surface area contributed by atoms with Gasteiger partial charge in [0.2, 0.25) is 0 Å². The molecule has 1 saturated heterocycles. The van der Waals surface area contributed by atoms with Gasteiger partial charge >= 0.3 is 6.03 Å². The Morgan fingerprint density at radius 1 is 1.08 bits per heavy atom. The molecule has 1 aliphatic rings. The van der Waals surface area contributed by atoms with E-state index in [-0.39, 0.29) is 11.6 Å². The summed E-state index contributed by atoms with van der Waals surface area (Å²) < 4.78 is 0. The van der Waals surface area contributed by atoms with Crippen LogP contribution in [0.5, 0.6) is 0 Å². The number of urea groups is 1. The molecule has 0 aromatic heterocycles. The number of piperidine rings is 1. The minimum Gasteiger partial charge on any atom is -0.338 e. The summed E-state index contributed by atoms with van der Waals surface area (Å²) in [5.41, 5.74) is 2.51. The van der Waals surface area contributed by atoms with Gasteiger partial charge in [-0.1, -0.05) is 60.7 Å². The molecule has 1 aliphatic heterocycles. The van der Waals surface area contributed by atoms with Gasteiger partial charge in [-0.3, -0.25) is 0 Å². The minimum absolute atomic E-state index is 0.0624. The second-order valence-corrected chi connectivity index (χ2v) is 7.53. The van der Waals surface area contributed by atoms with Gasteiger partial charge in [0.25, 0.3) is 0 Å². The number of amides is 2. The molecule has 25 heavy (non-hydrogen) atoms. The van der Waals surface area contributed by atoms with Gasteiger partial charge in [-0.2, -0.15) is 0 Å². The first-order valence-electron chi connectivity index (χ1n) is 9.20. The Hall–Kier alpha value is -2.29. The molecule has 1 heterocycles. The first-order chi connectivity index (χ1) is 12.1. The van der Waals surface area contributed by atoms with Crippen LogP contribution in [-0.2, 0) is 6.42 Å². The monoisotopic (exact) mass is 336 g/mol. The summed E-state index contributed by atoms with van der Waals surface area (Å²) >= 11 is 0. The van der Waals surface area contributed by atoms with Crippen molar-refractivity contribution in [1.29, 1.82) is 0 Å². The standard InChI is InChI=1S/C22H28N2O/c1-22(2)17-20(19-11-7-4-8-12-19)14-16-24(22)21(25)23-15-13-18-9-5-3-6-10-18/h3-12,20H,13-17H2,1-2H3,(H,23,25). The van der Waals surface area contributed by atoms with Crippen molar-refractivity contribution in [2.45, 2.75) is 44.6 Å². The molecular formula is C22H28N2O. The Morgan fingerprint density at radius 2 is 1.72 bits per heavy atom. The van der Waals surface area contributed by atoms with Gasteiger partial charge in [0.1, 0.15) is 0 Å². The number of likely N-dealkylation sites (tertiary alicyclic amines) is 1. The Kier molecular flexibility index (Phi) is 5.42. The van der Waals surface area contributed by atoms with E-state index in [1.54, 1.807) is 0 Å². The maximum absolute atomic E-state index is 12.7. The molecule has 1 unspecified atom stereocenters. The van der Waals surface area contributed by atoms with Crippen LogP contribution in [0, 0.1) is 0 Å². The molecule has 1 atom stereocenters. The Labute approximate surface area is 151 Å². The number of benzene rings is 2. The molecule has 2 aromatic rings. The summed E-state index contributed by atoms with van der Waals surface area (Å²) in [6, 6.07) is 21.0. The largest absolute Gasteiger partial charge is 0.338 e. The predicted octanol–water partition coefficient (Wildman–Crippen LogP) is 4.60. The molecule has 2 aromatic carbocycles. The van der Waals surface area contributed by atoms with Crippen LogP contribution in [0.4, 0.5) is 4.79 Å². The summed E-state index contributed by atoms with van der Waals surface area (Å²) in [7, 11) is 0. The Bertz CT molecular complexity index is 682. The maximum atomic E-state index is 12.7. The van der Waals surface area contributed by atoms with Crippen molar-refractivity contribution in [3.63, 3.8) is 0 Å². The Morgan fingerprint density at radius 3 is 2.36 bits per heavy atom. The number of nitrogens with zero attached hydrogens (tertiary/aromatic N) is 1. The highest BCUT2D eigenvalue weighted by atomic mass is 16.2. The van der Waals surface area contributed by atoms with Gasteiger partial charge in [-0.25, -0.2) is 4.79 Å². The minimum atomic E-state index is -0.129. The number of rotatable bonds is 4. The summed E-state index contributed by atoms with van der Waals surface area (Å²) in [4.78, 5) is 14.7. The van der Waals surface area contributed by atoms with Gasteiger partial charge in [0.05, 0.1) is 0 Å². The third kappa shape index (κ3) is 4.41. The number of hydrogen-bond acceptors (Lipinski definition) is 1. The molecule has 0 bridgehead atoms. The zero-order chi connectivity index (χ0) is 17.7. The van der Waals surface area contributed by atoms with Crippen LogP contribution in [0.2, 0.25) is 0 Å². The highest BCUT2D eigenvalue weighted by Crippen LogP contribution is 2.37. The van der Waals surface area contributed by atoms with Crippen molar-refractivity contribution in [2.75, 3.05) is 13.1 Å². The highest BCUT2D eigenvalue weighted by Gasteiger charge is 2.37. The van der Waals surface area contributed by atoms with Crippen LogP contribution >= 0.6 is 0 Å². The normalized spacial score (nSPS) is 19.4. The number of hydrogen-bond donors (Lipinski definition) is 1. The number of carbonyl (C=O) groups excluding carboxylic acids is 1. The maximum Gasteiger partial charge on any atom is 0.317 e. The average Bonchev–Trinajstić information content (AvgIpc) is 2.62. The van der Waals surface area contributed by atoms with Crippen LogP contribution in [-0.4, -0.2) is 29.6 Å². The molecule has 3 nitrogen and oxygen atoms in total. The van der Waals surface area contributed by atoms with Crippen molar-refractivity contribution in [3.8, 4) is 0 Å². The highest BCUT2D eigenvalue weighted by molar-refractivity contribution is 5.75. The van der Waals surface area contributed by atoms with E-state index in [9.17, 15) is 4.79 Å². The zero-order valence-corrected chi connectivity index (χ0v) is 15.2. The van der Waals surface area contributed by atoms with Crippen LogP contribution in [0.15, 0.2) is 60.7 Å².